The van der Waals surface area contributed by atoms with E-state index >= 15 is 0 Å². The maximum absolute atomic E-state index is 13.2. The first-order valence-corrected chi connectivity index (χ1v) is 7.00. The highest BCUT2D eigenvalue weighted by Gasteiger charge is 2.29. The Balaban J connectivity index is 2.24. The van der Waals surface area contributed by atoms with E-state index in [4.69, 9.17) is 0 Å². The van der Waals surface area contributed by atoms with Crippen LogP contribution in [0.4, 0.5) is 4.39 Å². The van der Waals surface area contributed by atoms with Crippen LogP contribution in [0.2, 0.25) is 0 Å². The fraction of sp³-hybridized carbons (Fsp3) is 0.222. The minimum Gasteiger partial charge on any atom is -0.392 e. The molecule has 1 N–H and O–H groups in total. The van der Waals surface area contributed by atoms with Gasteiger partial charge in [-0.05, 0) is 35.9 Å². The normalized spacial score (nSPS) is 12.0. The number of halogens is 1. The Morgan fingerprint density at radius 2 is 1.81 bits per heavy atom. The van der Waals surface area contributed by atoms with E-state index in [0.717, 1.165) is 22.3 Å². The quantitative estimate of drug-likeness (QED) is 0.774. The van der Waals surface area contributed by atoms with Gasteiger partial charge < -0.3 is 9.51 Å². The molecule has 0 bridgehead atoms. The van der Waals surface area contributed by atoms with E-state index in [0.29, 0.717) is 0 Å². The molecule has 21 heavy (non-hydrogen) atoms. The van der Waals surface area contributed by atoms with Crippen LogP contribution in [0.25, 0.3) is 5.52 Å². The smallest absolute Gasteiger partial charge is 0.123 e. The summed E-state index contributed by atoms with van der Waals surface area (Å²) < 4.78 is 15.3. The number of aromatic nitrogens is 1. The Morgan fingerprint density at radius 1 is 1.10 bits per heavy atom. The van der Waals surface area contributed by atoms with Crippen LogP contribution in [0.5, 0.6) is 0 Å². The predicted molar refractivity (Wildman–Crippen MR) is 81.8 cm³/mol. The summed E-state index contributed by atoms with van der Waals surface area (Å²) in [5, 5.41) is 9.70. The van der Waals surface area contributed by atoms with Gasteiger partial charge in [-0.25, -0.2) is 4.39 Å². The maximum atomic E-state index is 13.2. The Kier molecular flexibility index (Phi) is 3.30. The molecule has 2 aromatic heterocycles. The molecule has 0 fully saturated rings. The predicted octanol–water partition coefficient (Wildman–Crippen LogP) is 3.90. The van der Waals surface area contributed by atoms with Crippen LogP contribution < -0.4 is 0 Å². The van der Waals surface area contributed by atoms with Crippen LogP contribution in [0.3, 0.4) is 0 Å². The van der Waals surface area contributed by atoms with Gasteiger partial charge in [0.2, 0.25) is 0 Å². The summed E-state index contributed by atoms with van der Waals surface area (Å²) in [6.07, 6.45) is 2.00. The van der Waals surface area contributed by atoms with Gasteiger partial charge in [-0.3, -0.25) is 0 Å². The zero-order valence-electron chi connectivity index (χ0n) is 12.2. The second-order valence-electron chi connectivity index (χ2n) is 5.80. The molecule has 2 heterocycles. The first-order valence-electron chi connectivity index (χ1n) is 7.00. The molecule has 0 aliphatic heterocycles. The lowest BCUT2D eigenvalue weighted by molar-refractivity contribution is 0.279. The summed E-state index contributed by atoms with van der Waals surface area (Å²) in [5.74, 6) is -0.239. The lowest BCUT2D eigenvalue weighted by Crippen LogP contribution is -2.23. The Labute approximate surface area is 123 Å². The number of hydrogen-bond donors (Lipinski definition) is 1. The highest BCUT2D eigenvalue weighted by molar-refractivity contribution is 5.56. The largest absolute Gasteiger partial charge is 0.392 e. The zero-order chi connectivity index (χ0) is 15.0. The second kappa shape index (κ2) is 5.01. The summed E-state index contributed by atoms with van der Waals surface area (Å²) in [6.45, 7) is 4.17. The molecule has 3 heteroatoms. The number of aliphatic hydroxyl groups excluding tert-OH is 1. The standard InChI is InChI=1S/C18H18FNO/c1-18(2,14-6-8-15(19)9-7-14)17-13(12-21)11-16-5-3-4-10-20(16)17/h3-11,21H,12H2,1-2H3. The van der Waals surface area contributed by atoms with Crippen LogP contribution in [-0.2, 0) is 12.0 Å². The average molecular weight is 283 g/mol. The van der Waals surface area contributed by atoms with E-state index < -0.39 is 0 Å². The van der Waals surface area contributed by atoms with Crippen molar-refractivity contribution in [3.8, 4) is 0 Å². The summed E-state index contributed by atoms with van der Waals surface area (Å²) in [4.78, 5) is 0. The van der Waals surface area contributed by atoms with Crippen molar-refractivity contribution in [2.45, 2.75) is 25.9 Å². The molecule has 0 aliphatic rings. The van der Waals surface area contributed by atoms with Gasteiger partial charge in [0, 0.05) is 28.4 Å². The number of benzene rings is 1. The SMILES string of the molecule is CC(C)(c1ccc(F)cc1)c1c(CO)cc2ccccn12. The molecule has 0 radical (unpaired) electrons. The Hall–Kier alpha value is -2.13. The van der Waals surface area contributed by atoms with Crippen LogP contribution in [-0.4, -0.2) is 9.51 Å². The average Bonchev–Trinajstić information content (AvgIpc) is 2.87. The molecule has 0 atom stereocenters. The molecule has 108 valence electrons. The second-order valence-corrected chi connectivity index (χ2v) is 5.80. The van der Waals surface area contributed by atoms with Crippen molar-refractivity contribution in [2.75, 3.05) is 0 Å². The minimum atomic E-state index is -0.334. The van der Waals surface area contributed by atoms with E-state index in [-0.39, 0.29) is 17.8 Å². The van der Waals surface area contributed by atoms with E-state index in [1.165, 1.54) is 12.1 Å². The molecule has 0 spiro atoms. The van der Waals surface area contributed by atoms with Gasteiger partial charge >= 0.3 is 0 Å². The van der Waals surface area contributed by atoms with Gasteiger partial charge in [0.05, 0.1) is 6.61 Å². The van der Waals surface area contributed by atoms with E-state index in [1.807, 2.05) is 30.5 Å². The van der Waals surface area contributed by atoms with E-state index in [1.54, 1.807) is 12.1 Å². The lowest BCUT2D eigenvalue weighted by Gasteiger charge is -2.27. The molecule has 0 unspecified atom stereocenters. The third-order valence-electron chi connectivity index (χ3n) is 4.09. The highest BCUT2D eigenvalue weighted by Crippen LogP contribution is 2.35. The van der Waals surface area contributed by atoms with Crippen molar-refractivity contribution in [3.63, 3.8) is 0 Å². The van der Waals surface area contributed by atoms with Crippen LogP contribution in [0.15, 0.2) is 54.7 Å². The van der Waals surface area contributed by atoms with Crippen LogP contribution in [0, 0.1) is 5.82 Å². The monoisotopic (exact) mass is 283 g/mol. The van der Waals surface area contributed by atoms with E-state index in [9.17, 15) is 9.50 Å². The van der Waals surface area contributed by atoms with Crippen molar-refractivity contribution in [1.29, 1.82) is 0 Å². The molecule has 0 saturated heterocycles. The van der Waals surface area contributed by atoms with Crippen LogP contribution >= 0.6 is 0 Å². The number of pyridine rings is 1. The lowest BCUT2D eigenvalue weighted by atomic mass is 9.80. The molecular formula is C18H18FNO. The van der Waals surface area contributed by atoms with Gasteiger partial charge in [0.15, 0.2) is 0 Å². The van der Waals surface area contributed by atoms with Crippen LogP contribution in [0.1, 0.15) is 30.7 Å². The third-order valence-corrected chi connectivity index (χ3v) is 4.09. The van der Waals surface area contributed by atoms with Gasteiger partial charge in [0.1, 0.15) is 5.82 Å². The summed E-state index contributed by atoms with van der Waals surface area (Å²) in [5.41, 5.74) is 3.66. The van der Waals surface area contributed by atoms with Crippen molar-refractivity contribution in [3.05, 3.63) is 77.4 Å². The summed E-state index contributed by atoms with van der Waals surface area (Å²) in [7, 11) is 0. The minimum absolute atomic E-state index is 0.0123. The van der Waals surface area contributed by atoms with Crippen molar-refractivity contribution in [1.82, 2.24) is 4.40 Å². The molecule has 3 rings (SSSR count). The molecule has 2 nitrogen and oxygen atoms in total. The number of rotatable bonds is 3. The van der Waals surface area contributed by atoms with Crippen molar-refractivity contribution in [2.24, 2.45) is 0 Å². The Morgan fingerprint density at radius 3 is 2.48 bits per heavy atom. The Bertz CT molecular complexity index is 772. The summed E-state index contributed by atoms with van der Waals surface area (Å²) >= 11 is 0. The fourth-order valence-corrected chi connectivity index (χ4v) is 3.01. The molecule has 0 aliphatic carbocycles. The van der Waals surface area contributed by atoms with Crippen molar-refractivity contribution >= 4 is 5.52 Å². The number of fused-ring (bicyclic) bond motifs is 1. The molecule has 3 aromatic rings. The van der Waals surface area contributed by atoms with Gasteiger partial charge in [0.25, 0.3) is 0 Å². The van der Waals surface area contributed by atoms with Gasteiger partial charge in [-0.1, -0.05) is 32.0 Å². The highest BCUT2D eigenvalue weighted by atomic mass is 19.1. The maximum Gasteiger partial charge on any atom is 0.123 e. The fourth-order valence-electron chi connectivity index (χ4n) is 3.01. The number of nitrogens with zero attached hydrogens (tertiary/aromatic N) is 1. The van der Waals surface area contributed by atoms with Gasteiger partial charge in [-0.2, -0.15) is 0 Å². The van der Waals surface area contributed by atoms with E-state index in [2.05, 4.69) is 18.2 Å². The first-order chi connectivity index (χ1) is 10.0. The molecular weight excluding hydrogens is 265 g/mol. The number of hydrogen-bond acceptors (Lipinski definition) is 1. The molecule has 1 aromatic carbocycles. The van der Waals surface area contributed by atoms with Crippen molar-refractivity contribution < 1.29 is 9.50 Å². The summed E-state index contributed by atoms with van der Waals surface area (Å²) in [6, 6.07) is 14.5. The molecule has 0 saturated carbocycles. The molecule has 0 amide bonds. The first kappa shape index (κ1) is 13.8. The third kappa shape index (κ3) is 2.24. The van der Waals surface area contributed by atoms with Gasteiger partial charge in [-0.15, -0.1) is 0 Å². The number of aliphatic hydroxyl groups is 1. The zero-order valence-corrected chi connectivity index (χ0v) is 12.2. The topological polar surface area (TPSA) is 24.6 Å².